The van der Waals surface area contributed by atoms with E-state index in [9.17, 15) is 0 Å². The van der Waals surface area contributed by atoms with Gasteiger partial charge in [0.05, 0.1) is 0 Å². The normalized spacial score (nSPS) is 15.2. The number of nitrogens with zero attached hydrogens (tertiary/aromatic N) is 2. The number of pyridine rings is 1. The summed E-state index contributed by atoms with van der Waals surface area (Å²) in [4.78, 5) is 6.63. The van der Waals surface area contributed by atoms with Crippen LogP contribution in [0.4, 0.5) is 5.82 Å². The second-order valence-electron chi connectivity index (χ2n) is 4.67. The average molecular weight is 248 g/mol. The first kappa shape index (κ1) is 12.8. The van der Waals surface area contributed by atoms with Gasteiger partial charge < -0.3 is 15.7 Å². The van der Waals surface area contributed by atoms with E-state index in [0.29, 0.717) is 11.6 Å². The van der Waals surface area contributed by atoms with Crippen molar-refractivity contribution in [2.45, 2.75) is 31.7 Å². The largest absolute Gasteiger partial charge is 0.396 e. The summed E-state index contributed by atoms with van der Waals surface area (Å²) in [7, 11) is 0. The lowest BCUT2D eigenvalue weighted by molar-refractivity contribution is 0.282. The lowest BCUT2D eigenvalue weighted by Gasteiger charge is -2.38. The third-order valence-corrected chi connectivity index (χ3v) is 3.43. The Morgan fingerprint density at radius 1 is 1.50 bits per heavy atom. The third kappa shape index (κ3) is 2.79. The van der Waals surface area contributed by atoms with E-state index in [1.807, 2.05) is 12.1 Å². The maximum absolute atomic E-state index is 8.96. The number of nitrogens with two attached hydrogens (primary N) is 1. The summed E-state index contributed by atoms with van der Waals surface area (Å²) >= 11 is 0. The van der Waals surface area contributed by atoms with Gasteiger partial charge in [0.2, 0.25) is 0 Å². The van der Waals surface area contributed by atoms with Gasteiger partial charge in [-0.15, -0.1) is 0 Å². The van der Waals surface area contributed by atoms with Gasteiger partial charge in [0.1, 0.15) is 11.7 Å². The molecule has 4 N–H and O–H groups in total. The first-order valence-electron chi connectivity index (χ1n) is 6.40. The molecular formula is C13H20N4O. The molecule has 0 spiro atoms. The molecule has 1 fully saturated rings. The lowest BCUT2D eigenvalue weighted by Crippen LogP contribution is -2.41. The predicted molar refractivity (Wildman–Crippen MR) is 71.9 cm³/mol. The van der Waals surface area contributed by atoms with Crippen LogP contribution in [-0.4, -0.2) is 35.1 Å². The van der Waals surface area contributed by atoms with Gasteiger partial charge in [-0.25, -0.2) is 4.98 Å². The van der Waals surface area contributed by atoms with Gasteiger partial charge in [0, 0.05) is 31.0 Å². The summed E-state index contributed by atoms with van der Waals surface area (Å²) in [5.74, 6) is 0.956. The second-order valence-corrected chi connectivity index (χ2v) is 4.67. The highest BCUT2D eigenvalue weighted by molar-refractivity contribution is 5.94. The number of aliphatic hydroxyl groups excluding tert-OH is 1. The van der Waals surface area contributed by atoms with E-state index in [-0.39, 0.29) is 12.4 Å². The summed E-state index contributed by atoms with van der Waals surface area (Å²) < 4.78 is 0. The number of hydrogen-bond donors (Lipinski definition) is 3. The van der Waals surface area contributed by atoms with Gasteiger partial charge in [0.25, 0.3) is 0 Å². The van der Waals surface area contributed by atoms with Gasteiger partial charge >= 0.3 is 0 Å². The predicted octanol–water partition coefficient (Wildman–Crippen LogP) is 1.11. The minimum absolute atomic E-state index is 0.0413. The van der Waals surface area contributed by atoms with Crippen LogP contribution in [0, 0.1) is 5.41 Å². The molecule has 2 rings (SSSR count). The minimum atomic E-state index is 0.0413. The highest BCUT2D eigenvalue weighted by Crippen LogP contribution is 2.28. The molecule has 0 bridgehead atoms. The fourth-order valence-corrected chi connectivity index (χ4v) is 2.14. The molecule has 18 heavy (non-hydrogen) atoms. The molecule has 0 aromatic carbocycles. The van der Waals surface area contributed by atoms with Crippen LogP contribution in [0.5, 0.6) is 0 Å². The Bertz CT molecular complexity index is 400. The molecule has 5 nitrogen and oxygen atoms in total. The monoisotopic (exact) mass is 248 g/mol. The molecule has 1 aromatic rings. The molecule has 0 unspecified atom stereocenters. The Kier molecular flexibility index (Phi) is 4.15. The molecule has 0 atom stereocenters. The number of aromatic nitrogens is 1. The molecule has 0 amide bonds. The van der Waals surface area contributed by atoms with Crippen LogP contribution in [0.25, 0.3) is 0 Å². The van der Waals surface area contributed by atoms with Crippen LogP contribution in [0.1, 0.15) is 31.2 Å². The van der Waals surface area contributed by atoms with Crippen molar-refractivity contribution in [2.75, 3.05) is 18.1 Å². The quantitative estimate of drug-likeness (QED) is 0.520. The van der Waals surface area contributed by atoms with Gasteiger partial charge in [-0.3, -0.25) is 5.41 Å². The summed E-state index contributed by atoms with van der Waals surface area (Å²) in [6.45, 7) is 1.03. The van der Waals surface area contributed by atoms with E-state index in [2.05, 4.69) is 9.88 Å². The van der Waals surface area contributed by atoms with Crippen molar-refractivity contribution in [3.8, 4) is 0 Å². The Morgan fingerprint density at radius 3 is 2.72 bits per heavy atom. The van der Waals surface area contributed by atoms with Crippen LogP contribution in [0.15, 0.2) is 18.3 Å². The van der Waals surface area contributed by atoms with Gasteiger partial charge in [-0.1, -0.05) is 0 Å². The highest BCUT2D eigenvalue weighted by Gasteiger charge is 2.25. The van der Waals surface area contributed by atoms with Crippen LogP contribution < -0.4 is 10.6 Å². The molecule has 0 saturated heterocycles. The van der Waals surface area contributed by atoms with Crippen molar-refractivity contribution < 1.29 is 5.11 Å². The maximum atomic E-state index is 8.96. The van der Waals surface area contributed by atoms with Crippen molar-refractivity contribution in [3.63, 3.8) is 0 Å². The van der Waals surface area contributed by atoms with Crippen LogP contribution in [0.3, 0.4) is 0 Å². The molecule has 0 radical (unpaired) electrons. The number of nitrogens with one attached hydrogen (secondary N) is 1. The molecule has 1 aliphatic carbocycles. The Hall–Kier alpha value is -1.62. The molecule has 1 aliphatic rings. The Morgan fingerprint density at radius 2 is 2.28 bits per heavy atom. The number of aliphatic hydroxyl groups is 1. The highest BCUT2D eigenvalue weighted by atomic mass is 16.3. The topological polar surface area (TPSA) is 86.2 Å². The molecule has 1 aromatic heterocycles. The number of amidine groups is 1. The first-order valence-corrected chi connectivity index (χ1v) is 6.40. The summed E-state index contributed by atoms with van der Waals surface area (Å²) in [5, 5.41) is 16.3. The smallest absolute Gasteiger partial charge is 0.128 e. The van der Waals surface area contributed by atoms with Gasteiger partial charge in [-0.05, 0) is 37.8 Å². The maximum Gasteiger partial charge on any atom is 0.128 e. The van der Waals surface area contributed by atoms with E-state index in [1.165, 1.54) is 19.3 Å². The van der Waals surface area contributed by atoms with Crippen molar-refractivity contribution in [1.29, 1.82) is 5.41 Å². The molecule has 98 valence electrons. The van der Waals surface area contributed by atoms with E-state index in [4.69, 9.17) is 16.2 Å². The molecular weight excluding hydrogens is 228 g/mol. The molecule has 5 heteroatoms. The Labute approximate surface area is 107 Å². The molecule has 1 saturated carbocycles. The van der Waals surface area contributed by atoms with E-state index in [1.54, 1.807) is 6.20 Å². The van der Waals surface area contributed by atoms with Crippen LogP contribution in [0.2, 0.25) is 0 Å². The van der Waals surface area contributed by atoms with Crippen molar-refractivity contribution >= 4 is 11.7 Å². The van der Waals surface area contributed by atoms with Gasteiger partial charge in [-0.2, -0.15) is 0 Å². The summed E-state index contributed by atoms with van der Waals surface area (Å²) in [5.41, 5.74) is 6.06. The zero-order valence-electron chi connectivity index (χ0n) is 10.5. The fourth-order valence-electron chi connectivity index (χ4n) is 2.14. The molecule has 1 heterocycles. The van der Waals surface area contributed by atoms with Gasteiger partial charge in [0.15, 0.2) is 0 Å². The van der Waals surface area contributed by atoms with Crippen molar-refractivity contribution in [3.05, 3.63) is 23.9 Å². The number of nitrogen functional groups attached to an aromatic ring is 1. The fraction of sp³-hybridized carbons (Fsp3) is 0.538. The zero-order chi connectivity index (χ0) is 13.0. The number of rotatable bonds is 6. The second kappa shape index (κ2) is 5.82. The first-order chi connectivity index (χ1) is 8.72. The van der Waals surface area contributed by atoms with E-state index >= 15 is 0 Å². The van der Waals surface area contributed by atoms with Crippen LogP contribution >= 0.6 is 0 Å². The summed E-state index contributed by atoms with van der Waals surface area (Å²) in [6.07, 6.45) is 6.06. The Balaban J connectivity index is 2.11. The van der Waals surface area contributed by atoms with Crippen LogP contribution in [-0.2, 0) is 0 Å². The zero-order valence-corrected chi connectivity index (χ0v) is 10.5. The minimum Gasteiger partial charge on any atom is -0.396 e. The summed E-state index contributed by atoms with van der Waals surface area (Å²) in [6, 6.07) is 4.29. The van der Waals surface area contributed by atoms with E-state index < -0.39 is 0 Å². The van der Waals surface area contributed by atoms with Crippen molar-refractivity contribution in [2.24, 2.45) is 5.73 Å². The molecule has 0 aliphatic heterocycles. The number of anilines is 1. The average Bonchev–Trinajstić information content (AvgIpc) is 2.32. The lowest BCUT2D eigenvalue weighted by atomic mass is 9.91. The van der Waals surface area contributed by atoms with E-state index in [0.717, 1.165) is 18.8 Å². The number of hydrogen-bond acceptors (Lipinski definition) is 4. The third-order valence-electron chi connectivity index (χ3n) is 3.43. The SMILES string of the molecule is N=C(N)c1ccc(N(CCCO)C2CCC2)nc1. The standard InChI is InChI=1S/C13H20N4O/c14-13(15)10-5-6-12(16-9-10)17(7-2-8-18)11-3-1-4-11/h5-6,9,11,18H,1-4,7-8H2,(H3,14,15). The van der Waals surface area contributed by atoms with Crippen molar-refractivity contribution in [1.82, 2.24) is 4.98 Å².